The number of halogens is 1. The average Bonchev–Trinajstić information content (AvgIpc) is 3.88. The first-order chi connectivity index (χ1) is 25.1. The Morgan fingerprint density at radius 1 is 0.981 bits per heavy atom. The van der Waals surface area contributed by atoms with E-state index in [0.717, 1.165) is 24.3 Å². The zero-order chi connectivity index (χ0) is 37.9. The molecular formula is C27H33FN10O13P2. The first-order valence-corrected chi connectivity index (χ1v) is 18.5. The molecule has 23 nitrogen and oxygen atoms in total. The predicted octanol–water partition coefficient (Wildman–Crippen LogP) is 2.04. The van der Waals surface area contributed by atoms with E-state index < -0.39 is 95.5 Å². The fraction of sp³-hybridized carbons (Fsp3) is 0.519. The second-order valence-electron chi connectivity index (χ2n) is 12.7. The lowest BCUT2D eigenvalue weighted by molar-refractivity contribution is -0.161. The molecule has 7 heterocycles. The fourth-order valence-electron chi connectivity index (χ4n) is 5.40. The van der Waals surface area contributed by atoms with Gasteiger partial charge in [-0.2, -0.15) is 0 Å². The predicted molar refractivity (Wildman–Crippen MR) is 173 cm³/mol. The van der Waals surface area contributed by atoms with Crippen LogP contribution in [-0.2, 0) is 55.3 Å². The first-order valence-electron chi connectivity index (χ1n) is 15.6. The van der Waals surface area contributed by atoms with Gasteiger partial charge in [-0.3, -0.25) is 32.0 Å². The number of ether oxygens (including phenoxy) is 3. The zero-order valence-electron chi connectivity index (χ0n) is 28.2. The lowest BCUT2D eigenvalue weighted by atomic mass is 9.98. The highest BCUT2D eigenvalue weighted by molar-refractivity contribution is 7.48. The van der Waals surface area contributed by atoms with Crippen LogP contribution in [0.4, 0.5) is 16.0 Å². The van der Waals surface area contributed by atoms with Crippen molar-refractivity contribution < 1.29 is 64.8 Å². The Bertz CT molecular complexity index is 2180. The van der Waals surface area contributed by atoms with Gasteiger partial charge in [0.1, 0.15) is 54.9 Å². The van der Waals surface area contributed by atoms with Gasteiger partial charge < -0.3 is 35.3 Å². The van der Waals surface area contributed by atoms with E-state index >= 15 is 4.39 Å². The zero-order valence-corrected chi connectivity index (χ0v) is 30.0. The van der Waals surface area contributed by atoms with Crippen molar-refractivity contribution in [2.75, 3.05) is 38.6 Å². The largest absolute Gasteiger partial charge is 0.529 e. The quantitative estimate of drug-likeness (QED) is 0.143. The normalized spacial score (nSPS) is 31.0. The molecule has 4 aromatic heterocycles. The van der Waals surface area contributed by atoms with Gasteiger partial charge >= 0.3 is 21.6 Å². The van der Waals surface area contributed by atoms with E-state index in [2.05, 4.69) is 29.9 Å². The number of nitrogen functional groups attached to an aromatic ring is 2. The number of nitrogens with two attached hydrogens (primary N) is 2. The van der Waals surface area contributed by atoms with Crippen LogP contribution < -0.4 is 11.5 Å². The van der Waals surface area contributed by atoms with Gasteiger partial charge in [0.2, 0.25) is 19.2 Å². The Balaban J connectivity index is 1.26. The number of phosphoric ester groups is 2. The minimum absolute atomic E-state index is 0.00114. The fourth-order valence-corrected chi connectivity index (χ4v) is 7.59. The topological polar surface area (TPSA) is 294 Å². The Labute approximate surface area is 297 Å². The van der Waals surface area contributed by atoms with E-state index in [0.29, 0.717) is 0 Å². The monoisotopic (exact) mass is 786 g/mol. The summed E-state index contributed by atoms with van der Waals surface area (Å²) in [4.78, 5) is 36.9. The molecule has 0 saturated carbocycles. The number of rotatable bonds is 6. The highest BCUT2D eigenvalue weighted by Gasteiger charge is 2.53. The van der Waals surface area contributed by atoms with E-state index in [1.807, 2.05) is 0 Å². The summed E-state index contributed by atoms with van der Waals surface area (Å²) < 4.78 is 97.1. The number of carbonyl (C=O) groups excluding carboxylic acids is 1. The van der Waals surface area contributed by atoms with Crippen LogP contribution >= 0.6 is 15.6 Å². The van der Waals surface area contributed by atoms with Crippen LogP contribution in [0.15, 0.2) is 36.8 Å². The number of hydrogen-bond acceptors (Lipinski definition) is 21. The molecule has 286 valence electrons. The van der Waals surface area contributed by atoms with Crippen LogP contribution in [0.2, 0.25) is 0 Å². The van der Waals surface area contributed by atoms with Gasteiger partial charge in [-0.15, -0.1) is 0 Å². The Morgan fingerprint density at radius 3 is 2.21 bits per heavy atom. The van der Waals surface area contributed by atoms with Crippen molar-refractivity contribution in [3.05, 3.63) is 36.8 Å². The molecule has 53 heavy (non-hydrogen) atoms. The third-order valence-corrected chi connectivity index (χ3v) is 10.8. The number of esters is 1. The van der Waals surface area contributed by atoms with Crippen molar-refractivity contribution in [3.63, 3.8) is 0 Å². The SMILES string of the molecule is COP1(=O)OCC2OC(n3cnc4c(N)ncnc43)C(OP(=O)(OCOC(=O)C(C)(C)C)OCC3=C(O1)C(F)C(n1cnc4c(N)ncnc41)O3)C2O. The number of aliphatic hydroxyl groups is 1. The molecule has 3 aliphatic heterocycles. The maximum Gasteiger partial charge on any atom is 0.529 e. The Kier molecular flexibility index (Phi) is 9.62. The molecule has 3 aliphatic rings. The lowest BCUT2D eigenvalue weighted by Crippen LogP contribution is -2.35. The van der Waals surface area contributed by atoms with Crippen LogP contribution in [0.5, 0.6) is 0 Å². The molecule has 7 rings (SSSR count). The minimum Gasteiger partial charge on any atom is -0.465 e. The molecule has 0 aliphatic carbocycles. The highest BCUT2D eigenvalue weighted by atomic mass is 31.2. The average molecular weight is 787 g/mol. The van der Waals surface area contributed by atoms with Crippen molar-refractivity contribution >= 4 is 55.6 Å². The summed E-state index contributed by atoms with van der Waals surface area (Å²) in [5.74, 6) is -1.96. The summed E-state index contributed by atoms with van der Waals surface area (Å²) >= 11 is 0. The van der Waals surface area contributed by atoms with Crippen LogP contribution in [0, 0.1) is 5.41 Å². The van der Waals surface area contributed by atoms with Crippen LogP contribution in [0.3, 0.4) is 0 Å². The Morgan fingerprint density at radius 2 is 1.60 bits per heavy atom. The van der Waals surface area contributed by atoms with Crippen LogP contribution in [0.25, 0.3) is 22.3 Å². The number of hydrogen-bond donors (Lipinski definition) is 3. The molecular weight excluding hydrogens is 753 g/mol. The van der Waals surface area contributed by atoms with E-state index in [1.54, 1.807) is 20.8 Å². The number of fused-ring (bicyclic) bond motifs is 4. The molecule has 1 fully saturated rings. The number of alkyl halides is 1. The summed E-state index contributed by atoms with van der Waals surface area (Å²) in [6.07, 6.45) is -5.36. The summed E-state index contributed by atoms with van der Waals surface area (Å²) in [5, 5.41) is 11.5. The Hall–Kier alpha value is -4.38. The summed E-state index contributed by atoms with van der Waals surface area (Å²) in [6, 6.07) is 0. The number of aliphatic hydroxyl groups excluding tert-OH is 1. The van der Waals surface area contributed by atoms with Gasteiger partial charge in [0.25, 0.3) is 0 Å². The maximum atomic E-state index is 16.4. The highest BCUT2D eigenvalue weighted by Crippen LogP contribution is 2.58. The number of phosphoric acid groups is 2. The van der Waals surface area contributed by atoms with Crippen molar-refractivity contribution in [2.45, 2.75) is 57.7 Å². The van der Waals surface area contributed by atoms with Crippen molar-refractivity contribution in [1.82, 2.24) is 39.0 Å². The standard InChI is InChI=1S/C27H33FN10O13P2/c1-27(2,3)26(40)44-11-47-53(42)46-6-13-18(14(28)24(49-13)37-9-35-15-20(29)31-7-33-22(15)37)50-52(41,43-4)45-5-12-17(39)19(51-53)25(48-12)38-10-36-16-21(30)32-8-34-23(16)38/h7-10,12,14,17,19,24-25,39H,5-6,11H2,1-4H3,(H2,29,31,33)(H2,30,32,34). The first kappa shape index (κ1) is 37.0. The van der Waals surface area contributed by atoms with Gasteiger partial charge in [0, 0.05) is 7.11 Å². The van der Waals surface area contributed by atoms with Gasteiger partial charge in [0.05, 0.1) is 18.3 Å². The molecule has 8 unspecified atom stereocenters. The minimum atomic E-state index is -5.01. The number of anilines is 2. The number of aromatic nitrogens is 8. The summed E-state index contributed by atoms with van der Waals surface area (Å²) in [7, 11) is -8.77. The van der Waals surface area contributed by atoms with E-state index in [4.69, 9.17) is 52.8 Å². The molecule has 5 N–H and O–H groups in total. The molecule has 26 heteroatoms. The molecule has 0 amide bonds. The van der Waals surface area contributed by atoms with Crippen molar-refractivity contribution in [3.8, 4) is 0 Å². The van der Waals surface area contributed by atoms with Crippen LogP contribution in [-0.4, -0.2) is 102 Å². The summed E-state index contributed by atoms with van der Waals surface area (Å²) in [5.41, 5.74) is 11.4. The molecule has 0 radical (unpaired) electrons. The molecule has 4 aromatic rings. The second kappa shape index (κ2) is 13.8. The number of imidazole rings is 2. The molecule has 0 aromatic carbocycles. The van der Waals surface area contributed by atoms with Gasteiger partial charge in [-0.25, -0.2) is 47.9 Å². The van der Waals surface area contributed by atoms with E-state index in [9.17, 15) is 19.0 Å². The van der Waals surface area contributed by atoms with E-state index in [1.165, 1.54) is 17.2 Å². The van der Waals surface area contributed by atoms with E-state index in [-0.39, 0.29) is 34.0 Å². The molecule has 2 bridgehead atoms. The van der Waals surface area contributed by atoms with Crippen molar-refractivity contribution in [2.24, 2.45) is 5.41 Å². The maximum absolute atomic E-state index is 16.4. The third-order valence-electron chi connectivity index (χ3n) is 8.12. The molecule has 0 spiro atoms. The van der Waals surface area contributed by atoms with Crippen molar-refractivity contribution in [1.29, 1.82) is 0 Å². The lowest BCUT2D eigenvalue weighted by Gasteiger charge is -2.26. The van der Waals surface area contributed by atoms with Gasteiger partial charge in [-0.05, 0) is 20.8 Å². The number of carbonyl (C=O) groups is 1. The van der Waals surface area contributed by atoms with Gasteiger partial charge in [0.15, 0.2) is 40.7 Å². The smallest absolute Gasteiger partial charge is 0.465 e. The number of nitrogens with zero attached hydrogens (tertiary/aromatic N) is 8. The van der Waals surface area contributed by atoms with Gasteiger partial charge in [-0.1, -0.05) is 0 Å². The second-order valence-corrected chi connectivity index (χ2v) is 16.0. The summed E-state index contributed by atoms with van der Waals surface area (Å²) in [6.45, 7) is 2.11. The molecule has 1 saturated heterocycles. The van der Waals surface area contributed by atoms with Crippen LogP contribution in [0.1, 0.15) is 33.2 Å². The molecule has 8 atom stereocenters. The third kappa shape index (κ3) is 6.93.